The molecule has 0 aliphatic heterocycles. The molecule has 0 saturated carbocycles. The van der Waals surface area contributed by atoms with Gasteiger partial charge < -0.3 is 13.3 Å². The highest BCUT2D eigenvalue weighted by atomic mass is 35.5. The van der Waals surface area contributed by atoms with E-state index in [2.05, 4.69) is 4.18 Å². The van der Waals surface area contributed by atoms with E-state index in [0.717, 1.165) is 18.4 Å². The number of fused-ring (bicyclic) bond motifs is 1. The van der Waals surface area contributed by atoms with E-state index >= 15 is 0 Å². The van der Waals surface area contributed by atoms with Crippen LogP contribution in [0, 0.1) is 0 Å². The smallest absolute Gasteiger partial charge is 0.460 e. The third kappa shape index (κ3) is 3.66. The largest absolute Gasteiger partial charge is 0.488 e. The predicted octanol–water partition coefficient (Wildman–Crippen LogP) is 3.83. The molecule has 0 fully saturated rings. The second kappa shape index (κ2) is 6.14. The Kier molecular flexibility index (Phi) is 4.16. The molecule has 6 nitrogen and oxygen atoms in total. The fraction of sp³-hybridized carbons (Fsp3) is 0. The van der Waals surface area contributed by atoms with Gasteiger partial charge in [-0.25, -0.2) is 0 Å². The molecule has 0 saturated heterocycles. The van der Waals surface area contributed by atoms with Gasteiger partial charge in [-0.2, -0.15) is 8.42 Å². The topological polar surface area (TPSA) is 82.8 Å². The standard InChI is InChI=1S/C15H8ClFO6S/c16-9-1-3-10(4-2-9)22-14-8-21-13-7-11(23-24(17,19)20)5-6-12(13)15(14)18/h1-8H. The van der Waals surface area contributed by atoms with E-state index in [1.165, 1.54) is 6.07 Å². The lowest BCUT2D eigenvalue weighted by Gasteiger charge is -2.06. The Morgan fingerprint density at radius 3 is 2.38 bits per heavy atom. The molecule has 1 aromatic heterocycles. The minimum absolute atomic E-state index is 0.0182. The summed E-state index contributed by atoms with van der Waals surface area (Å²) in [6, 6.07) is 9.81. The van der Waals surface area contributed by atoms with Crippen LogP contribution in [-0.4, -0.2) is 8.42 Å². The number of rotatable bonds is 4. The van der Waals surface area contributed by atoms with Gasteiger partial charge in [-0.3, -0.25) is 4.79 Å². The normalized spacial score (nSPS) is 11.4. The molecule has 2 aromatic carbocycles. The molecule has 0 aliphatic carbocycles. The number of hydrogen-bond donors (Lipinski definition) is 0. The van der Waals surface area contributed by atoms with Crippen LogP contribution < -0.4 is 14.3 Å². The average Bonchev–Trinajstić information content (AvgIpc) is 2.50. The summed E-state index contributed by atoms with van der Waals surface area (Å²) in [5.74, 6) is -0.00866. The second-order valence-corrected chi connectivity index (χ2v) is 6.01. The van der Waals surface area contributed by atoms with Crippen LogP contribution in [0.4, 0.5) is 3.89 Å². The molecule has 24 heavy (non-hydrogen) atoms. The van der Waals surface area contributed by atoms with Crippen molar-refractivity contribution in [1.82, 2.24) is 0 Å². The van der Waals surface area contributed by atoms with Gasteiger partial charge in [-0.1, -0.05) is 15.5 Å². The molecule has 0 aliphatic rings. The lowest BCUT2D eigenvalue weighted by molar-refractivity contribution is 0.438. The third-order valence-corrected chi connectivity index (χ3v) is 3.60. The summed E-state index contributed by atoms with van der Waals surface area (Å²) in [6.07, 6.45) is 1.06. The lowest BCUT2D eigenvalue weighted by atomic mass is 10.2. The number of halogens is 2. The van der Waals surface area contributed by atoms with E-state index in [1.807, 2.05) is 0 Å². The van der Waals surface area contributed by atoms with Gasteiger partial charge in [0.05, 0.1) is 5.39 Å². The van der Waals surface area contributed by atoms with E-state index < -0.39 is 15.9 Å². The Labute approximate surface area is 140 Å². The molecule has 0 spiro atoms. The van der Waals surface area contributed by atoms with Gasteiger partial charge in [0.25, 0.3) is 0 Å². The van der Waals surface area contributed by atoms with Crippen LogP contribution in [0.15, 0.2) is 57.9 Å². The molecule has 0 amide bonds. The van der Waals surface area contributed by atoms with Crippen LogP contribution >= 0.6 is 11.6 Å². The highest BCUT2D eigenvalue weighted by Gasteiger charge is 2.13. The Balaban J connectivity index is 1.97. The molecule has 0 radical (unpaired) electrons. The molecule has 1 heterocycles. The molecular weight excluding hydrogens is 363 g/mol. The number of ether oxygens (including phenoxy) is 1. The highest BCUT2D eigenvalue weighted by molar-refractivity contribution is 7.81. The van der Waals surface area contributed by atoms with Gasteiger partial charge in [0, 0.05) is 11.1 Å². The van der Waals surface area contributed by atoms with Crippen LogP contribution in [0.25, 0.3) is 11.0 Å². The van der Waals surface area contributed by atoms with E-state index in [1.54, 1.807) is 24.3 Å². The fourth-order valence-electron chi connectivity index (χ4n) is 1.96. The van der Waals surface area contributed by atoms with Crippen LogP contribution in [0.1, 0.15) is 0 Å². The van der Waals surface area contributed by atoms with Crippen LogP contribution in [0.3, 0.4) is 0 Å². The summed E-state index contributed by atoms with van der Waals surface area (Å²) in [6.45, 7) is 0. The predicted molar refractivity (Wildman–Crippen MR) is 84.7 cm³/mol. The van der Waals surface area contributed by atoms with Gasteiger partial charge in [0.1, 0.15) is 23.3 Å². The molecule has 0 bridgehead atoms. The van der Waals surface area contributed by atoms with Crippen molar-refractivity contribution in [3.63, 3.8) is 0 Å². The van der Waals surface area contributed by atoms with Gasteiger partial charge in [0.2, 0.25) is 11.2 Å². The summed E-state index contributed by atoms with van der Waals surface area (Å²) in [5.41, 5.74) is -0.467. The highest BCUT2D eigenvalue weighted by Crippen LogP contribution is 2.25. The maximum Gasteiger partial charge on any atom is 0.488 e. The van der Waals surface area contributed by atoms with Gasteiger partial charge in [0.15, 0.2) is 0 Å². The van der Waals surface area contributed by atoms with E-state index in [-0.39, 0.29) is 22.5 Å². The summed E-state index contributed by atoms with van der Waals surface area (Å²) in [4.78, 5) is 12.4. The average molecular weight is 371 g/mol. The Morgan fingerprint density at radius 2 is 1.71 bits per heavy atom. The summed E-state index contributed by atoms with van der Waals surface area (Å²) < 4.78 is 48.2. The van der Waals surface area contributed by atoms with E-state index in [4.69, 9.17) is 20.8 Å². The zero-order valence-corrected chi connectivity index (χ0v) is 13.3. The van der Waals surface area contributed by atoms with Crippen LogP contribution in [0.2, 0.25) is 5.02 Å². The fourth-order valence-corrected chi connectivity index (χ4v) is 2.42. The molecule has 0 atom stereocenters. The van der Waals surface area contributed by atoms with Crippen molar-refractivity contribution in [2.24, 2.45) is 0 Å². The van der Waals surface area contributed by atoms with E-state index in [0.29, 0.717) is 10.8 Å². The lowest BCUT2D eigenvalue weighted by Crippen LogP contribution is -2.06. The second-order valence-electron chi connectivity index (χ2n) is 4.62. The first kappa shape index (κ1) is 16.3. The first-order valence-corrected chi connectivity index (χ1v) is 8.13. The van der Waals surface area contributed by atoms with Crippen molar-refractivity contribution in [1.29, 1.82) is 0 Å². The van der Waals surface area contributed by atoms with E-state index in [9.17, 15) is 17.1 Å². The third-order valence-electron chi connectivity index (χ3n) is 2.95. The monoisotopic (exact) mass is 370 g/mol. The minimum atomic E-state index is -5.16. The Bertz CT molecular complexity index is 1060. The Morgan fingerprint density at radius 1 is 1.04 bits per heavy atom. The molecule has 0 N–H and O–H groups in total. The summed E-state index contributed by atoms with van der Waals surface area (Å²) in [7, 11) is -5.16. The maximum atomic E-state index is 12.5. The van der Waals surface area contributed by atoms with Gasteiger partial charge in [-0.05, 0) is 36.4 Å². The van der Waals surface area contributed by atoms with Crippen molar-refractivity contribution < 1.29 is 25.6 Å². The molecule has 0 unspecified atom stereocenters. The number of hydrogen-bond acceptors (Lipinski definition) is 6. The van der Waals surface area contributed by atoms with Crippen molar-refractivity contribution >= 4 is 33.1 Å². The minimum Gasteiger partial charge on any atom is -0.460 e. The first-order valence-electron chi connectivity index (χ1n) is 6.45. The molecule has 3 rings (SSSR count). The first-order chi connectivity index (χ1) is 11.3. The zero-order valence-electron chi connectivity index (χ0n) is 11.7. The molecule has 124 valence electrons. The SMILES string of the molecule is O=c1c(Oc2ccc(Cl)cc2)coc2cc(OS(=O)(=O)F)ccc12. The van der Waals surface area contributed by atoms with Gasteiger partial charge >= 0.3 is 10.5 Å². The molecule has 9 heteroatoms. The summed E-state index contributed by atoms with van der Waals surface area (Å²) in [5, 5.41) is 0.633. The quantitative estimate of drug-likeness (QED) is 0.649. The maximum absolute atomic E-state index is 12.5. The summed E-state index contributed by atoms with van der Waals surface area (Å²) >= 11 is 5.77. The van der Waals surface area contributed by atoms with Crippen molar-refractivity contribution in [3.8, 4) is 17.2 Å². The van der Waals surface area contributed by atoms with Crippen LogP contribution in [0.5, 0.6) is 17.2 Å². The Hall–Kier alpha value is -2.58. The van der Waals surface area contributed by atoms with Crippen molar-refractivity contribution in [2.75, 3.05) is 0 Å². The van der Waals surface area contributed by atoms with Crippen molar-refractivity contribution in [2.45, 2.75) is 0 Å². The molecular formula is C15H8ClFO6S. The van der Waals surface area contributed by atoms with Crippen molar-refractivity contribution in [3.05, 3.63) is 64.0 Å². The van der Waals surface area contributed by atoms with Crippen LogP contribution in [-0.2, 0) is 10.5 Å². The number of benzene rings is 2. The molecule has 3 aromatic rings. The zero-order chi connectivity index (χ0) is 17.3. The van der Waals surface area contributed by atoms with Gasteiger partial charge in [-0.15, -0.1) is 0 Å².